The lowest BCUT2D eigenvalue weighted by atomic mass is 10.1. The van der Waals surface area contributed by atoms with Crippen molar-refractivity contribution >= 4 is 12.0 Å². The molecule has 3 heteroatoms. The highest BCUT2D eigenvalue weighted by Gasteiger charge is 2.16. The van der Waals surface area contributed by atoms with Gasteiger partial charge in [-0.2, -0.15) is 0 Å². The van der Waals surface area contributed by atoms with Crippen LogP contribution in [0.25, 0.3) is 6.08 Å². The van der Waals surface area contributed by atoms with Crippen molar-refractivity contribution in [1.29, 1.82) is 0 Å². The van der Waals surface area contributed by atoms with Gasteiger partial charge in [-0.25, -0.2) is 0 Å². The average Bonchev–Trinajstić information content (AvgIpc) is 2.40. The van der Waals surface area contributed by atoms with E-state index in [2.05, 4.69) is 11.6 Å². The third kappa shape index (κ3) is 3.16. The van der Waals surface area contributed by atoms with Gasteiger partial charge in [-0.3, -0.25) is 9.78 Å². The van der Waals surface area contributed by atoms with E-state index in [1.807, 2.05) is 17.0 Å². The Morgan fingerprint density at radius 2 is 2.12 bits per heavy atom. The summed E-state index contributed by atoms with van der Waals surface area (Å²) in [7, 11) is 0. The molecule has 0 aliphatic carbocycles. The molecule has 0 aromatic carbocycles. The molecular weight excluding hydrogens is 212 g/mol. The van der Waals surface area contributed by atoms with Gasteiger partial charge in [0.25, 0.3) is 0 Å². The summed E-state index contributed by atoms with van der Waals surface area (Å²) in [4.78, 5) is 18.2. The molecule has 1 saturated heterocycles. The zero-order valence-electron chi connectivity index (χ0n) is 10.1. The summed E-state index contributed by atoms with van der Waals surface area (Å²) in [5, 5.41) is 0. The smallest absolute Gasteiger partial charge is 0.228 e. The Kier molecular flexibility index (Phi) is 3.91. The first-order valence-corrected chi connectivity index (χ1v) is 6.15. The number of carbonyl (C=O) groups excluding carboxylic acids is 1. The van der Waals surface area contributed by atoms with Crippen LogP contribution in [0, 0.1) is 0 Å². The summed E-state index contributed by atoms with van der Waals surface area (Å²) in [6.07, 6.45) is 7.44. The van der Waals surface area contributed by atoms with Crippen molar-refractivity contribution < 1.29 is 4.79 Å². The Morgan fingerprint density at radius 1 is 1.35 bits per heavy atom. The second-order valence-corrected chi connectivity index (χ2v) is 4.41. The second kappa shape index (κ2) is 5.62. The predicted molar refractivity (Wildman–Crippen MR) is 68.5 cm³/mol. The first-order valence-electron chi connectivity index (χ1n) is 6.15. The quantitative estimate of drug-likeness (QED) is 0.798. The second-order valence-electron chi connectivity index (χ2n) is 4.41. The average molecular weight is 230 g/mol. The van der Waals surface area contributed by atoms with Crippen molar-refractivity contribution in [2.75, 3.05) is 13.1 Å². The normalized spacial score (nSPS) is 15.6. The zero-order chi connectivity index (χ0) is 12.1. The van der Waals surface area contributed by atoms with Gasteiger partial charge < -0.3 is 4.90 Å². The molecular formula is C14H18N2O. The largest absolute Gasteiger partial charge is 0.342 e. The minimum absolute atomic E-state index is 0.198. The van der Waals surface area contributed by atoms with E-state index in [1.54, 1.807) is 12.3 Å². The molecule has 0 spiro atoms. The van der Waals surface area contributed by atoms with Gasteiger partial charge in [0.15, 0.2) is 0 Å². The zero-order valence-corrected chi connectivity index (χ0v) is 10.1. The molecule has 0 saturated carbocycles. The van der Waals surface area contributed by atoms with Gasteiger partial charge in [-0.15, -0.1) is 0 Å². The van der Waals surface area contributed by atoms with E-state index in [0.29, 0.717) is 6.42 Å². The number of rotatable bonds is 3. The number of nitrogens with zero attached hydrogens (tertiary/aromatic N) is 2. The van der Waals surface area contributed by atoms with Gasteiger partial charge in [0.2, 0.25) is 5.91 Å². The summed E-state index contributed by atoms with van der Waals surface area (Å²) in [5.74, 6) is 0.198. The van der Waals surface area contributed by atoms with Crippen LogP contribution in [-0.2, 0) is 11.2 Å². The number of piperidine rings is 1. The van der Waals surface area contributed by atoms with Crippen LogP contribution in [0.3, 0.4) is 0 Å². The molecule has 1 aromatic heterocycles. The van der Waals surface area contributed by atoms with Crippen LogP contribution in [0.5, 0.6) is 0 Å². The van der Waals surface area contributed by atoms with Gasteiger partial charge in [0.05, 0.1) is 6.42 Å². The molecule has 1 aliphatic heterocycles. The molecule has 0 atom stereocenters. The van der Waals surface area contributed by atoms with Gasteiger partial charge in [-0.05, 0) is 30.9 Å². The number of aromatic nitrogens is 1. The van der Waals surface area contributed by atoms with E-state index < -0.39 is 0 Å². The van der Waals surface area contributed by atoms with Crippen LogP contribution in [0.15, 0.2) is 24.9 Å². The van der Waals surface area contributed by atoms with Crippen molar-refractivity contribution in [3.05, 3.63) is 36.2 Å². The molecule has 0 bridgehead atoms. The third-order valence-electron chi connectivity index (χ3n) is 3.12. The summed E-state index contributed by atoms with van der Waals surface area (Å²) in [6.45, 7) is 5.49. The molecule has 90 valence electrons. The van der Waals surface area contributed by atoms with Gasteiger partial charge in [-0.1, -0.05) is 18.7 Å². The first-order chi connectivity index (χ1) is 8.29. The number of hydrogen-bond donors (Lipinski definition) is 0. The molecule has 1 aromatic rings. The van der Waals surface area contributed by atoms with E-state index in [4.69, 9.17) is 0 Å². The maximum atomic E-state index is 12.0. The van der Waals surface area contributed by atoms with Crippen molar-refractivity contribution in [3.8, 4) is 0 Å². The van der Waals surface area contributed by atoms with Crippen LogP contribution in [0.4, 0.5) is 0 Å². The number of likely N-dealkylation sites (tertiary alicyclic amines) is 1. The minimum atomic E-state index is 0.198. The Morgan fingerprint density at radius 3 is 2.71 bits per heavy atom. The lowest BCUT2D eigenvalue weighted by molar-refractivity contribution is -0.131. The summed E-state index contributed by atoms with van der Waals surface area (Å²) in [5.41, 5.74) is 1.82. The summed E-state index contributed by atoms with van der Waals surface area (Å²) in [6, 6.07) is 3.84. The maximum absolute atomic E-state index is 12.0. The number of hydrogen-bond acceptors (Lipinski definition) is 2. The van der Waals surface area contributed by atoms with E-state index in [-0.39, 0.29) is 5.91 Å². The predicted octanol–water partition coefficient (Wildman–Crippen LogP) is 2.28. The lowest BCUT2D eigenvalue weighted by Crippen LogP contribution is -2.36. The molecule has 1 aliphatic rings. The van der Waals surface area contributed by atoms with Crippen LogP contribution in [0.2, 0.25) is 0 Å². The molecule has 1 amide bonds. The van der Waals surface area contributed by atoms with Crippen molar-refractivity contribution in [2.45, 2.75) is 25.7 Å². The molecule has 17 heavy (non-hydrogen) atoms. The number of amides is 1. The highest BCUT2D eigenvalue weighted by molar-refractivity contribution is 5.78. The van der Waals surface area contributed by atoms with E-state index in [1.165, 1.54) is 6.42 Å². The fraction of sp³-hybridized carbons (Fsp3) is 0.429. The minimum Gasteiger partial charge on any atom is -0.342 e. The molecule has 3 nitrogen and oxygen atoms in total. The topological polar surface area (TPSA) is 33.2 Å². The maximum Gasteiger partial charge on any atom is 0.228 e. The van der Waals surface area contributed by atoms with Crippen molar-refractivity contribution in [3.63, 3.8) is 0 Å². The molecule has 0 radical (unpaired) electrons. The number of carbonyl (C=O) groups is 1. The van der Waals surface area contributed by atoms with Crippen LogP contribution in [0.1, 0.15) is 30.5 Å². The van der Waals surface area contributed by atoms with Crippen molar-refractivity contribution in [2.24, 2.45) is 0 Å². The molecule has 1 fully saturated rings. The molecule has 2 heterocycles. The fourth-order valence-electron chi connectivity index (χ4n) is 2.07. The fourth-order valence-corrected chi connectivity index (χ4v) is 2.07. The van der Waals surface area contributed by atoms with E-state index in [9.17, 15) is 4.79 Å². The Bertz CT molecular complexity index is 391. The summed E-state index contributed by atoms with van der Waals surface area (Å²) >= 11 is 0. The van der Waals surface area contributed by atoms with Crippen LogP contribution >= 0.6 is 0 Å². The van der Waals surface area contributed by atoms with E-state index >= 15 is 0 Å². The van der Waals surface area contributed by atoms with Crippen LogP contribution < -0.4 is 0 Å². The highest BCUT2D eigenvalue weighted by atomic mass is 16.2. The SMILES string of the molecule is C=Cc1ccc(CC(=O)N2CCCCC2)nc1. The molecule has 0 unspecified atom stereocenters. The standard InChI is InChI=1S/C14H18N2O/c1-2-12-6-7-13(15-11-12)10-14(17)16-8-4-3-5-9-16/h2,6-7,11H,1,3-5,8-10H2. The van der Waals surface area contributed by atoms with E-state index in [0.717, 1.165) is 37.2 Å². The Labute approximate surface area is 102 Å². The van der Waals surface area contributed by atoms with Crippen LogP contribution in [-0.4, -0.2) is 28.9 Å². The monoisotopic (exact) mass is 230 g/mol. The van der Waals surface area contributed by atoms with Gasteiger partial charge in [0, 0.05) is 25.0 Å². The highest BCUT2D eigenvalue weighted by Crippen LogP contribution is 2.11. The first kappa shape index (κ1) is 11.8. The third-order valence-corrected chi connectivity index (χ3v) is 3.12. The van der Waals surface area contributed by atoms with Gasteiger partial charge in [0.1, 0.15) is 0 Å². The van der Waals surface area contributed by atoms with Gasteiger partial charge >= 0.3 is 0 Å². The summed E-state index contributed by atoms with van der Waals surface area (Å²) < 4.78 is 0. The number of pyridine rings is 1. The Hall–Kier alpha value is -1.64. The molecule has 0 N–H and O–H groups in total. The lowest BCUT2D eigenvalue weighted by Gasteiger charge is -2.26. The molecule has 2 rings (SSSR count). The Balaban J connectivity index is 1.94. The van der Waals surface area contributed by atoms with Crippen molar-refractivity contribution in [1.82, 2.24) is 9.88 Å².